The van der Waals surface area contributed by atoms with Crippen LogP contribution in [0.15, 0.2) is 47.5 Å². The fraction of sp³-hybridized carbons (Fsp3) is 0. The number of fused-ring (bicyclic) bond motifs is 2. The predicted octanol–water partition coefficient (Wildman–Crippen LogP) is 3.10. The number of ketones is 1. The Morgan fingerprint density at radius 1 is 1.17 bits per heavy atom. The van der Waals surface area contributed by atoms with E-state index in [1.165, 1.54) is 18.2 Å². The molecule has 0 atom stereocenters. The second-order valence-corrected chi connectivity index (χ2v) is 5.14. The zero-order valence-corrected chi connectivity index (χ0v) is 11.6. The van der Waals surface area contributed by atoms with Crippen molar-refractivity contribution < 1.29 is 14.8 Å². The number of hydrogen-bond acceptors (Lipinski definition) is 5. The van der Waals surface area contributed by atoms with Crippen molar-refractivity contribution in [3.8, 4) is 5.88 Å². The maximum atomic E-state index is 12.5. The van der Waals surface area contributed by atoms with Crippen molar-refractivity contribution in [3.05, 3.63) is 63.7 Å². The molecule has 1 aromatic heterocycles. The first-order valence-electron chi connectivity index (χ1n) is 6.78. The number of nitrogens with one attached hydrogen (secondary N) is 1. The largest absolute Gasteiger partial charge is 0.494 e. The van der Waals surface area contributed by atoms with Gasteiger partial charge in [0.15, 0.2) is 5.88 Å². The third-order valence-corrected chi connectivity index (χ3v) is 3.81. The van der Waals surface area contributed by atoms with Gasteiger partial charge in [0, 0.05) is 23.1 Å². The molecule has 0 unspecified atom stereocenters. The number of aromatic hydroxyl groups is 1. The van der Waals surface area contributed by atoms with Gasteiger partial charge < -0.3 is 10.1 Å². The third-order valence-electron chi connectivity index (χ3n) is 3.81. The number of aromatic nitrogens is 1. The van der Waals surface area contributed by atoms with Gasteiger partial charge in [-0.3, -0.25) is 14.9 Å². The number of aliphatic imine (C=N–C) groups is 1. The Balaban J connectivity index is 1.93. The van der Waals surface area contributed by atoms with E-state index in [0.717, 1.165) is 0 Å². The van der Waals surface area contributed by atoms with E-state index in [4.69, 9.17) is 0 Å². The molecule has 0 radical (unpaired) electrons. The lowest BCUT2D eigenvalue weighted by Crippen LogP contribution is -2.10. The Hall–Kier alpha value is -3.48. The number of benzene rings is 2. The molecule has 3 aromatic rings. The average molecular weight is 307 g/mol. The minimum absolute atomic E-state index is 0.103. The number of non-ortho nitro benzene ring substituents is 1. The van der Waals surface area contributed by atoms with Crippen molar-refractivity contribution in [2.45, 2.75) is 0 Å². The number of Topliss-reactive ketones (excluding diaryl/α,β-unsaturated/α-hetero) is 1. The fourth-order valence-corrected chi connectivity index (χ4v) is 2.76. The highest BCUT2D eigenvalue weighted by Gasteiger charge is 2.30. The van der Waals surface area contributed by atoms with Gasteiger partial charge in [0.2, 0.25) is 5.78 Å². The molecule has 23 heavy (non-hydrogen) atoms. The van der Waals surface area contributed by atoms with Crippen molar-refractivity contribution in [2.75, 3.05) is 0 Å². The second-order valence-electron chi connectivity index (χ2n) is 5.14. The Kier molecular flexibility index (Phi) is 2.59. The molecule has 0 spiro atoms. The molecule has 2 aromatic carbocycles. The number of aromatic amines is 1. The lowest BCUT2D eigenvalue weighted by atomic mass is 10.0. The number of nitro groups is 1. The number of carbonyl (C=O) groups is 1. The van der Waals surface area contributed by atoms with E-state index >= 15 is 0 Å². The van der Waals surface area contributed by atoms with Crippen LogP contribution in [0, 0.1) is 10.1 Å². The maximum Gasteiger partial charge on any atom is 0.271 e. The lowest BCUT2D eigenvalue weighted by Gasteiger charge is -1.98. The molecule has 1 aliphatic rings. The highest BCUT2D eigenvalue weighted by Crippen LogP contribution is 2.36. The number of nitro benzene ring substituents is 1. The van der Waals surface area contributed by atoms with Crippen molar-refractivity contribution in [3.63, 3.8) is 0 Å². The van der Waals surface area contributed by atoms with Crippen LogP contribution in [-0.2, 0) is 0 Å². The van der Waals surface area contributed by atoms with Crippen LogP contribution in [0.25, 0.3) is 10.9 Å². The van der Waals surface area contributed by atoms with Crippen LogP contribution in [0.2, 0.25) is 0 Å². The monoisotopic (exact) mass is 307 g/mol. The molecule has 7 heteroatoms. The smallest absolute Gasteiger partial charge is 0.271 e. The van der Waals surface area contributed by atoms with Gasteiger partial charge in [-0.15, -0.1) is 0 Å². The van der Waals surface area contributed by atoms with Crippen LogP contribution >= 0.6 is 0 Å². The first-order valence-corrected chi connectivity index (χ1v) is 6.78. The molecule has 0 amide bonds. The summed E-state index contributed by atoms with van der Waals surface area (Å²) in [7, 11) is 0. The Labute approximate surface area is 129 Å². The Morgan fingerprint density at radius 3 is 2.70 bits per heavy atom. The van der Waals surface area contributed by atoms with E-state index in [1.54, 1.807) is 24.3 Å². The molecular formula is C16H9N3O4. The molecule has 0 aliphatic carbocycles. The van der Waals surface area contributed by atoms with Gasteiger partial charge in [0.1, 0.15) is 5.71 Å². The minimum Gasteiger partial charge on any atom is -0.494 e. The third kappa shape index (κ3) is 1.83. The molecule has 0 bridgehead atoms. The van der Waals surface area contributed by atoms with Crippen LogP contribution in [0.3, 0.4) is 0 Å². The van der Waals surface area contributed by atoms with E-state index in [0.29, 0.717) is 22.2 Å². The first-order chi connectivity index (χ1) is 11.1. The van der Waals surface area contributed by atoms with Crippen LogP contribution < -0.4 is 0 Å². The topological polar surface area (TPSA) is 109 Å². The maximum absolute atomic E-state index is 12.5. The summed E-state index contributed by atoms with van der Waals surface area (Å²) in [6.07, 6.45) is 0. The standard InChI is InChI=1S/C16H9N3O4/c20-15-10-3-1-2-4-11(10)17-14(15)13-9-6-5-8(19(22)23)7-12(9)18-16(13)21/h1-7,18,21H. The average Bonchev–Trinajstić information content (AvgIpc) is 3.03. The number of para-hydroxylation sites is 1. The summed E-state index contributed by atoms with van der Waals surface area (Å²) in [6, 6.07) is 11.0. The van der Waals surface area contributed by atoms with Crippen LogP contribution in [-0.4, -0.2) is 26.5 Å². The van der Waals surface area contributed by atoms with E-state index in [9.17, 15) is 20.0 Å². The van der Waals surface area contributed by atoms with Gasteiger partial charge in [-0.05, 0) is 18.2 Å². The van der Waals surface area contributed by atoms with Crippen LogP contribution in [0.4, 0.5) is 11.4 Å². The molecule has 2 N–H and O–H groups in total. The molecule has 2 heterocycles. The molecule has 4 rings (SSSR count). The summed E-state index contributed by atoms with van der Waals surface area (Å²) in [4.78, 5) is 29.8. The van der Waals surface area contributed by atoms with Gasteiger partial charge >= 0.3 is 0 Å². The van der Waals surface area contributed by atoms with Crippen molar-refractivity contribution >= 4 is 33.8 Å². The van der Waals surface area contributed by atoms with Crippen molar-refractivity contribution in [2.24, 2.45) is 4.99 Å². The Morgan fingerprint density at radius 2 is 1.96 bits per heavy atom. The number of hydrogen-bond donors (Lipinski definition) is 2. The van der Waals surface area contributed by atoms with Gasteiger partial charge in [0.25, 0.3) is 5.69 Å². The molecule has 0 saturated carbocycles. The summed E-state index contributed by atoms with van der Waals surface area (Å²) >= 11 is 0. The molecule has 112 valence electrons. The summed E-state index contributed by atoms with van der Waals surface area (Å²) < 4.78 is 0. The number of H-pyrrole nitrogens is 1. The summed E-state index contributed by atoms with van der Waals surface area (Å²) in [5, 5.41) is 21.5. The zero-order valence-electron chi connectivity index (χ0n) is 11.6. The Bertz CT molecular complexity index is 1030. The molecule has 0 fully saturated rings. The molecule has 7 nitrogen and oxygen atoms in total. The highest BCUT2D eigenvalue weighted by atomic mass is 16.6. The lowest BCUT2D eigenvalue weighted by molar-refractivity contribution is -0.384. The van der Waals surface area contributed by atoms with Gasteiger partial charge in [-0.1, -0.05) is 12.1 Å². The van der Waals surface area contributed by atoms with E-state index in [-0.39, 0.29) is 28.6 Å². The fourth-order valence-electron chi connectivity index (χ4n) is 2.76. The summed E-state index contributed by atoms with van der Waals surface area (Å²) in [6.45, 7) is 0. The quantitative estimate of drug-likeness (QED) is 0.560. The van der Waals surface area contributed by atoms with Gasteiger partial charge in [-0.2, -0.15) is 0 Å². The summed E-state index contributed by atoms with van der Waals surface area (Å²) in [5.74, 6) is -0.518. The first kappa shape index (κ1) is 13.2. The van der Waals surface area contributed by atoms with E-state index in [1.807, 2.05) is 0 Å². The zero-order chi connectivity index (χ0) is 16.1. The molecular weight excluding hydrogens is 298 g/mol. The van der Waals surface area contributed by atoms with Gasteiger partial charge in [-0.25, -0.2) is 4.99 Å². The van der Waals surface area contributed by atoms with E-state index < -0.39 is 4.92 Å². The molecule has 1 aliphatic heterocycles. The van der Waals surface area contributed by atoms with Crippen molar-refractivity contribution in [1.29, 1.82) is 0 Å². The molecule has 0 saturated heterocycles. The number of carbonyl (C=O) groups excluding carboxylic acids is 1. The number of nitrogens with zero attached hydrogens (tertiary/aromatic N) is 2. The van der Waals surface area contributed by atoms with Crippen LogP contribution in [0.5, 0.6) is 5.88 Å². The normalized spacial score (nSPS) is 13.2. The SMILES string of the molecule is O=C1C(c2c(O)[nH]c3cc([N+](=O)[O-])ccc23)=Nc2ccccc21. The second kappa shape index (κ2) is 4.51. The minimum atomic E-state index is -0.523. The van der Waals surface area contributed by atoms with Crippen LogP contribution in [0.1, 0.15) is 15.9 Å². The predicted molar refractivity (Wildman–Crippen MR) is 83.6 cm³/mol. The summed E-state index contributed by atoms with van der Waals surface area (Å²) in [5.41, 5.74) is 1.67. The highest BCUT2D eigenvalue weighted by molar-refractivity contribution is 6.56. The van der Waals surface area contributed by atoms with Gasteiger partial charge in [0.05, 0.1) is 21.7 Å². The van der Waals surface area contributed by atoms with E-state index in [2.05, 4.69) is 9.98 Å². The number of rotatable bonds is 2. The van der Waals surface area contributed by atoms with Crippen molar-refractivity contribution in [1.82, 2.24) is 4.98 Å².